The number of para-hydroxylation sites is 2. The Labute approximate surface area is 131 Å². The van der Waals surface area contributed by atoms with Crippen LogP contribution in [0.4, 0.5) is 0 Å². The molecule has 0 saturated heterocycles. The smallest absolute Gasteiger partial charge is 0.408 e. The van der Waals surface area contributed by atoms with E-state index in [1.807, 2.05) is 42.5 Å². The molecule has 0 N–H and O–H groups in total. The lowest BCUT2D eigenvalue weighted by molar-refractivity contribution is 0.0972. The molecule has 0 aliphatic heterocycles. The highest BCUT2D eigenvalue weighted by Gasteiger charge is 2.15. The summed E-state index contributed by atoms with van der Waals surface area (Å²) in [6, 6.07) is 20.4. The Balaban J connectivity index is 1.80. The van der Waals surface area contributed by atoms with Gasteiger partial charge in [0.2, 0.25) is 0 Å². The number of aromatic nitrogens is 1. The highest BCUT2D eigenvalue weighted by Crippen LogP contribution is 2.20. The van der Waals surface area contributed by atoms with Gasteiger partial charge in [0.1, 0.15) is 0 Å². The van der Waals surface area contributed by atoms with Crippen LogP contribution in [0.25, 0.3) is 21.9 Å². The fourth-order valence-corrected chi connectivity index (χ4v) is 2.86. The molecule has 4 nitrogen and oxygen atoms in total. The van der Waals surface area contributed by atoms with E-state index in [0.29, 0.717) is 16.7 Å². The molecular weight excluding hydrogens is 290 g/mol. The minimum atomic E-state index is -0.514. The van der Waals surface area contributed by atoms with Crippen molar-refractivity contribution in [1.82, 2.24) is 4.57 Å². The van der Waals surface area contributed by atoms with E-state index in [4.69, 9.17) is 4.42 Å². The molecule has 0 spiro atoms. The van der Waals surface area contributed by atoms with Gasteiger partial charge in [-0.05, 0) is 22.9 Å². The maximum absolute atomic E-state index is 12.7. The zero-order valence-corrected chi connectivity index (χ0v) is 12.2. The van der Waals surface area contributed by atoms with Gasteiger partial charge in [-0.15, -0.1) is 0 Å². The van der Waals surface area contributed by atoms with Crippen molar-refractivity contribution < 1.29 is 9.21 Å². The number of fused-ring (bicyclic) bond motifs is 2. The summed E-state index contributed by atoms with van der Waals surface area (Å²) in [5.74, 6) is -0.629. The van der Waals surface area contributed by atoms with E-state index in [1.165, 1.54) is 4.57 Å². The van der Waals surface area contributed by atoms with Crippen molar-refractivity contribution in [2.45, 2.75) is 6.54 Å². The van der Waals surface area contributed by atoms with E-state index in [0.717, 1.165) is 10.8 Å². The lowest BCUT2D eigenvalue weighted by Gasteiger charge is -2.06. The maximum atomic E-state index is 12.7. The molecule has 3 aromatic carbocycles. The predicted molar refractivity (Wildman–Crippen MR) is 88.8 cm³/mol. The molecular formula is C19H13NO3. The van der Waals surface area contributed by atoms with E-state index in [9.17, 15) is 9.59 Å². The molecule has 1 aromatic heterocycles. The first-order valence-electron chi connectivity index (χ1n) is 7.33. The lowest BCUT2D eigenvalue weighted by atomic mass is 10.0. The minimum Gasteiger partial charge on any atom is -0.408 e. The third kappa shape index (κ3) is 2.25. The van der Waals surface area contributed by atoms with Crippen molar-refractivity contribution in [3.63, 3.8) is 0 Å². The fourth-order valence-electron chi connectivity index (χ4n) is 2.86. The van der Waals surface area contributed by atoms with Crippen LogP contribution in [-0.4, -0.2) is 10.4 Å². The van der Waals surface area contributed by atoms with Gasteiger partial charge in [-0.2, -0.15) is 0 Å². The van der Waals surface area contributed by atoms with E-state index >= 15 is 0 Å². The van der Waals surface area contributed by atoms with Gasteiger partial charge in [0.15, 0.2) is 11.4 Å². The van der Waals surface area contributed by atoms with Crippen molar-refractivity contribution in [3.05, 3.63) is 82.8 Å². The van der Waals surface area contributed by atoms with E-state index in [2.05, 4.69) is 0 Å². The Hall–Kier alpha value is -3.14. The van der Waals surface area contributed by atoms with E-state index in [1.54, 1.807) is 24.3 Å². The van der Waals surface area contributed by atoms with E-state index < -0.39 is 5.76 Å². The average molecular weight is 303 g/mol. The summed E-state index contributed by atoms with van der Waals surface area (Å²) in [4.78, 5) is 24.7. The second-order valence-electron chi connectivity index (χ2n) is 5.37. The van der Waals surface area contributed by atoms with Gasteiger partial charge < -0.3 is 4.42 Å². The summed E-state index contributed by atoms with van der Waals surface area (Å²) >= 11 is 0. The van der Waals surface area contributed by atoms with Crippen molar-refractivity contribution in [2.24, 2.45) is 0 Å². The quantitative estimate of drug-likeness (QED) is 0.543. The van der Waals surface area contributed by atoms with Gasteiger partial charge in [0, 0.05) is 5.56 Å². The number of hydrogen-bond acceptors (Lipinski definition) is 3. The molecule has 0 saturated carbocycles. The Morgan fingerprint density at radius 1 is 0.913 bits per heavy atom. The molecule has 0 amide bonds. The predicted octanol–water partition coefficient (Wildman–Crippen LogP) is 3.63. The summed E-state index contributed by atoms with van der Waals surface area (Å²) in [5.41, 5.74) is 1.73. The second-order valence-corrected chi connectivity index (χ2v) is 5.37. The summed E-state index contributed by atoms with van der Waals surface area (Å²) in [7, 11) is 0. The number of carbonyl (C=O) groups is 1. The number of benzene rings is 3. The van der Waals surface area contributed by atoms with Crippen molar-refractivity contribution in [2.75, 3.05) is 0 Å². The molecule has 4 aromatic rings. The number of Topliss-reactive ketones (excluding diaryl/α,β-unsaturated/α-hetero) is 1. The van der Waals surface area contributed by atoms with Crippen LogP contribution in [0.2, 0.25) is 0 Å². The van der Waals surface area contributed by atoms with Crippen LogP contribution in [0.1, 0.15) is 10.4 Å². The molecule has 0 bridgehead atoms. The summed E-state index contributed by atoms with van der Waals surface area (Å²) in [5, 5.41) is 1.89. The van der Waals surface area contributed by atoms with Crippen molar-refractivity contribution in [3.8, 4) is 0 Å². The highest BCUT2D eigenvalue weighted by molar-refractivity contribution is 6.08. The zero-order chi connectivity index (χ0) is 15.8. The molecule has 1 heterocycles. The normalized spacial score (nSPS) is 11.1. The topological polar surface area (TPSA) is 52.2 Å². The third-order valence-corrected chi connectivity index (χ3v) is 3.97. The number of carbonyl (C=O) groups excluding carboxylic acids is 1. The molecule has 0 fully saturated rings. The van der Waals surface area contributed by atoms with Crippen LogP contribution < -0.4 is 5.76 Å². The van der Waals surface area contributed by atoms with Gasteiger partial charge in [-0.3, -0.25) is 9.36 Å². The number of oxazole rings is 1. The summed E-state index contributed by atoms with van der Waals surface area (Å²) in [6.45, 7) is -0.0378. The minimum absolute atomic E-state index is 0.0378. The Bertz CT molecular complexity index is 1080. The summed E-state index contributed by atoms with van der Waals surface area (Å²) in [6.07, 6.45) is 0. The van der Waals surface area contributed by atoms with Crippen LogP contribution in [0.15, 0.2) is 75.9 Å². The molecule has 0 unspecified atom stereocenters. The van der Waals surface area contributed by atoms with Crippen molar-refractivity contribution >= 4 is 27.7 Å². The molecule has 23 heavy (non-hydrogen) atoms. The van der Waals surface area contributed by atoms with Crippen molar-refractivity contribution in [1.29, 1.82) is 0 Å². The Kier molecular flexibility index (Phi) is 3.08. The average Bonchev–Trinajstić information content (AvgIpc) is 2.90. The first-order chi connectivity index (χ1) is 11.2. The third-order valence-electron chi connectivity index (χ3n) is 3.97. The van der Waals surface area contributed by atoms with Crippen LogP contribution in [0.5, 0.6) is 0 Å². The molecule has 112 valence electrons. The Morgan fingerprint density at radius 3 is 2.57 bits per heavy atom. The van der Waals surface area contributed by atoms with E-state index in [-0.39, 0.29) is 12.3 Å². The molecule has 0 aliphatic carbocycles. The number of nitrogens with zero attached hydrogens (tertiary/aromatic N) is 1. The number of hydrogen-bond donors (Lipinski definition) is 0. The highest BCUT2D eigenvalue weighted by atomic mass is 16.4. The SMILES string of the molecule is O=C(Cn1c(=O)oc2ccccc21)c1cccc2ccccc12. The van der Waals surface area contributed by atoms with Crippen LogP contribution in [0.3, 0.4) is 0 Å². The molecule has 0 radical (unpaired) electrons. The first-order valence-corrected chi connectivity index (χ1v) is 7.33. The second kappa shape index (κ2) is 5.25. The fraction of sp³-hybridized carbons (Fsp3) is 0.0526. The van der Waals surface area contributed by atoms with Crippen LogP contribution in [-0.2, 0) is 6.54 Å². The van der Waals surface area contributed by atoms with Gasteiger partial charge in [0.05, 0.1) is 12.1 Å². The standard InChI is InChI=1S/C19H13NO3/c21-17(15-9-5-7-13-6-1-2-8-14(13)15)12-20-16-10-3-4-11-18(16)23-19(20)22/h1-11H,12H2. The first kappa shape index (κ1) is 13.5. The van der Waals surface area contributed by atoms with Gasteiger partial charge in [-0.25, -0.2) is 4.79 Å². The lowest BCUT2D eigenvalue weighted by Crippen LogP contribution is -2.20. The van der Waals surface area contributed by atoms with Gasteiger partial charge in [0.25, 0.3) is 0 Å². The molecule has 0 aliphatic rings. The maximum Gasteiger partial charge on any atom is 0.420 e. The van der Waals surface area contributed by atoms with Gasteiger partial charge >= 0.3 is 5.76 Å². The Morgan fingerprint density at radius 2 is 1.65 bits per heavy atom. The monoisotopic (exact) mass is 303 g/mol. The molecule has 0 atom stereocenters. The molecule has 4 rings (SSSR count). The van der Waals surface area contributed by atoms with Gasteiger partial charge in [-0.1, -0.05) is 54.6 Å². The zero-order valence-electron chi connectivity index (χ0n) is 12.2. The largest absolute Gasteiger partial charge is 0.420 e. The molecule has 4 heteroatoms. The summed E-state index contributed by atoms with van der Waals surface area (Å²) < 4.78 is 6.55. The number of rotatable bonds is 3. The van der Waals surface area contributed by atoms with Crippen LogP contribution >= 0.6 is 0 Å². The number of ketones is 1. The van der Waals surface area contributed by atoms with Crippen LogP contribution in [0, 0.1) is 0 Å².